The van der Waals surface area contributed by atoms with Crippen LogP contribution in [0.1, 0.15) is 83.9 Å². The molecule has 0 amide bonds. The van der Waals surface area contributed by atoms with Gasteiger partial charge < -0.3 is 10.3 Å². The van der Waals surface area contributed by atoms with E-state index in [2.05, 4.69) is 44.0 Å². The number of nitrogens with one attached hydrogen (secondary N) is 2. The zero-order valence-electron chi connectivity index (χ0n) is 21.8. The fraction of sp³-hybridized carbons (Fsp3) is 0.357. The number of hydrogen-bond acceptors (Lipinski definition) is 5. The number of rotatable bonds is 7. The summed E-state index contributed by atoms with van der Waals surface area (Å²) >= 11 is 6.36. The van der Waals surface area contributed by atoms with Crippen molar-refractivity contribution in [1.82, 2.24) is 15.0 Å². The number of hydrogen-bond donors (Lipinski definition) is 2. The van der Waals surface area contributed by atoms with Gasteiger partial charge in [-0.05, 0) is 51.0 Å². The van der Waals surface area contributed by atoms with E-state index in [0.717, 1.165) is 40.8 Å². The molecule has 3 aromatic rings. The summed E-state index contributed by atoms with van der Waals surface area (Å²) in [7, 11) is 0. The SMILES string of the molecule is C/C=C(\N=CCC)c1ccnc(Nc2cc(Cl)c3[nH]c(C(C)=O)cc3c2)n1.CC.CC#CCCC. The Labute approximate surface area is 214 Å². The molecule has 0 fully saturated rings. The van der Waals surface area contributed by atoms with Crippen LogP contribution in [0.5, 0.6) is 0 Å². The van der Waals surface area contributed by atoms with Crippen molar-refractivity contribution in [1.29, 1.82) is 0 Å². The lowest BCUT2D eigenvalue weighted by molar-refractivity contribution is 0.101. The topological polar surface area (TPSA) is 83.0 Å². The highest BCUT2D eigenvalue weighted by atomic mass is 35.5. The second kappa shape index (κ2) is 16.2. The summed E-state index contributed by atoms with van der Waals surface area (Å²) in [5.74, 6) is 6.17. The van der Waals surface area contributed by atoms with Crippen molar-refractivity contribution in [3.05, 3.63) is 52.9 Å². The molecule has 3 rings (SSSR count). The van der Waals surface area contributed by atoms with Crippen molar-refractivity contribution in [3.63, 3.8) is 0 Å². The molecular formula is C28H36ClN5O. The van der Waals surface area contributed by atoms with Crippen LogP contribution in [0.3, 0.4) is 0 Å². The molecule has 0 aliphatic heterocycles. The molecule has 0 unspecified atom stereocenters. The van der Waals surface area contributed by atoms with E-state index in [-0.39, 0.29) is 5.78 Å². The number of aromatic amines is 1. The van der Waals surface area contributed by atoms with Gasteiger partial charge in [-0.2, -0.15) is 0 Å². The minimum absolute atomic E-state index is 0.0423. The number of ketones is 1. The maximum absolute atomic E-state index is 11.6. The number of aliphatic imine (C=N–C) groups is 1. The van der Waals surface area contributed by atoms with E-state index >= 15 is 0 Å². The molecule has 1 aromatic carbocycles. The predicted octanol–water partition coefficient (Wildman–Crippen LogP) is 8.24. The quantitative estimate of drug-likeness (QED) is 0.197. The average Bonchev–Trinajstić information content (AvgIpc) is 3.30. The maximum atomic E-state index is 11.6. The van der Waals surface area contributed by atoms with Gasteiger partial charge in [-0.1, -0.05) is 45.4 Å². The summed E-state index contributed by atoms with van der Waals surface area (Å²) in [5.41, 5.74) is 3.50. The Morgan fingerprint density at radius 2 is 2.00 bits per heavy atom. The Bertz CT molecular complexity index is 1220. The van der Waals surface area contributed by atoms with Crippen LogP contribution < -0.4 is 5.32 Å². The first-order chi connectivity index (χ1) is 16.9. The number of aromatic nitrogens is 3. The van der Waals surface area contributed by atoms with Gasteiger partial charge in [-0.3, -0.25) is 9.79 Å². The van der Waals surface area contributed by atoms with Gasteiger partial charge in [0.05, 0.1) is 27.6 Å². The standard InChI is InChI=1S/C20H20ClN5O.C6H10.C2H6/c1-4-7-22-16(5-2)17-6-8-23-20(26-17)24-14-9-13-10-18(12(3)27)25-19(13)15(21)11-14;1-3-5-6-4-2;1-2/h5-11,25H,4H2,1-3H3,(H,23,24,26);3,5H2,1-2H3;1-2H3/b16-5-,22-7?;;. The van der Waals surface area contributed by atoms with E-state index in [4.69, 9.17) is 11.6 Å². The highest BCUT2D eigenvalue weighted by Crippen LogP contribution is 2.29. The van der Waals surface area contributed by atoms with E-state index in [1.807, 2.05) is 59.0 Å². The smallest absolute Gasteiger partial charge is 0.227 e. The van der Waals surface area contributed by atoms with Crippen LogP contribution in [0.4, 0.5) is 11.6 Å². The van der Waals surface area contributed by atoms with Crippen LogP contribution in [0, 0.1) is 11.8 Å². The van der Waals surface area contributed by atoms with Gasteiger partial charge in [0.25, 0.3) is 0 Å². The molecule has 0 aliphatic rings. The summed E-state index contributed by atoms with van der Waals surface area (Å²) < 4.78 is 0. The third-order valence-electron chi connectivity index (χ3n) is 4.47. The van der Waals surface area contributed by atoms with Gasteiger partial charge in [0.1, 0.15) is 0 Å². The van der Waals surface area contributed by atoms with Gasteiger partial charge in [0, 0.05) is 36.8 Å². The number of benzene rings is 1. The highest BCUT2D eigenvalue weighted by molar-refractivity contribution is 6.35. The molecule has 35 heavy (non-hydrogen) atoms. The molecule has 0 atom stereocenters. The monoisotopic (exact) mass is 493 g/mol. The molecule has 0 spiro atoms. The van der Waals surface area contributed by atoms with Crippen molar-refractivity contribution in [2.24, 2.45) is 4.99 Å². The number of Topliss-reactive ketones (excluding diaryl/α,β-unsaturated/α-hetero) is 1. The van der Waals surface area contributed by atoms with E-state index < -0.39 is 0 Å². The number of halogens is 1. The molecule has 2 heterocycles. The normalized spacial score (nSPS) is 10.6. The number of nitrogens with zero attached hydrogens (tertiary/aromatic N) is 3. The van der Waals surface area contributed by atoms with Crippen LogP contribution in [0.2, 0.25) is 5.02 Å². The Morgan fingerprint density at radius 1 is 1.26 bits per heavy atom. The van der Waals surface area contributed by atoms with E-state index in [0.29, 0.717) is 16.7 Å². The van der Waals surface area contributed by atoms with Crippen molar-refractivity contribution >= 4 is 51.8 Å². The van der Waals surface area contributed by atoms with Crippen LogP contribution in [0.25, 0.3) is 16.6 Å². The lowest BCUT2D eigenvalue weighted by Crippen LogP contribution is -1.99. The second-order valence-electron chi connectivity index (χ2n) is 7.12. The Balaban J connectivity index is 0.000000670. The maximum Gasteiger partial charge on any atom is 0.227 e. The molecule has 0 aliphatic carbocycles. The van der Waals surface area contributed by atoms with Crippen molar-refractivity contribution in [2.75, 3.05) is 5.32 Å². The number of unbranched alkanes of at least 4 members (excludes halogenated alkanes) is 1. The van der Waals surface area contributed by atoms with E-state index in [1.165, 1.54) is 13.3 Å². The van der Waals surface area contributed by atoms with Gasteiger partial charge in [0.2, 0.25) is 5.95 Å². The van der Waals surface area contributed by atoms with Crippen LogP contribution >= 0.6 is 11.6 Å². The lowest BCUT2D eigenvalue weighted by atomic mass is 10.2. The van der Waals surface area contributed by atoms with E-state index in [1.54, 1.807) is 18.3 Å². The molecule has 7 heteroatoms. The Morgan fingerprint density at radius 3 is 2.57 bits per heavy atom. The number of fused-ring (bicyclic) bond motifs is 1. The molecule has 0 saturated carbocycles. The predicted molar refractivity (Wildman–Crippen MR) is 151 cm³/mol. The first-order valence-electron chi connectivity index (χ1n) is 12.0. The number of allylic oxidation sites excluding steroid dienone is 1. The van der Waals surface area contributed by atoms with Crippen LogP contribution in [-0.4, -0.2) is 26.9 Å². The number of anilines is 2. The second-order valence-corrected chi connectivity index (χ2v) is 7.53. The molecule has 2 aromatic heterocycles. The first-order valence-corrected chi connectivity index (χ1v) is 12.3. The molecule has 2 N–H and O–H groups in total. The lowest BCUT2D eigenvalue weighted by Gasteiger charge is -2.08. The summed E-state index contributed by atoms with van der Waals surface area (Å²) in [6.45, 7) is 13.5. The fourth-order valence-electron chi connectivity index (χ4n) is 2.88. The van der Waals surface area contributed by atoms with Gasteiger partial charge in [-0.25, -0.2) is 9.97 Å². The van der Waals surface area contributed by atoms with Crippen molar-refractivity contribution in [3.8, 4) is 11.8 Å². The minimum atomic E-state index is -0.0423. The highest BCUT2D eigenvalue weighted by Gasteiger charge is 2.10. The third kappa shape index (κ3) is 9.38. The molecule has 0 radical (unpaired) electrons. The largest absolute Gasteiger partial charge is 0.351 e. The summed E-state index contributed by atoms with van der Waals surface area (Å²) in [6, 6.07) is 7.26. The molecule has 0 saturated heterocycles. The Kier molecular flexibility index (Phi) is 13.7. The van der Waals surface area contributed by atoms with Gasteiger partial charge >= 0.3 is 0 Å². The summed E-state index contributed by atoms with van der Waals surface area (Å²) in [4.78, 5) is 27.8. The number of carbonyl (C=O) groups is 1. The zero-order chi connectivity index (χ0) is 26.2. The third-order valence-corrected chi connectivity index (χ3v) is 4.77. The van der Waals surface area contributed by atoms with E-state index in [9.17, 15) is 4.79 Å². The minimum Gasteiger partial charge on any atom is -0.351 e. The van der Waals surface area contributed by atoms with Gasteiger partial charge in [0.15, 0.2) is 5.78 Å². The molecule has 0 bridgehead atoms. The van der Waals surface area contributed by atoms with Crippen LogP contribution in [-0.2, 0) is 0 Å². The zero-order valence-corrected chi connectivity index (χ0v) is 22.5. The Hall–Kier alpha value is -3.43. The van der Waals surface area contributed by atoms with Crippen molar-refractivity contribution in [2.45, 2.75) is 67.7 Å². The molecule has 6 nitrogen and oxygen atoms in total. The molecule has 186 valence electrons. The molecular weight excluding hydrogens is 458 g/mol. The van der Waals surface area contributed by atoms with Crippen molar-refractivity contribution < 1.29 is 4.79 Å². The summed E-state index contributed by atoms with van der Waals surface area (Å²) in [5, 5.41) is 4.52. The van der Waals surface area contributed by atoms with Crippen LogP contribution in [0.15, 0.2) is 41.5 Å². The fourth-order valence-corrected chi connectivity index (χ4v) is 3.15. The number of H-pyrrole nitrogens is 1. The average molecular weight is 494 g/mol. The van der Waals surface area contributed by atoms with Gasteiger partial charge in [-0.15, -0.1) is 11.8 Å². The first kappa shape index (κ1) is 29.6. The number of carbonyl (C=O) groups excluding carboxylic acids is 1. The summed E-state index contributed by atoms with van der Waals surface area (Å²) in [6.07, 6.45) is 8.52.